The number of nitrogens with one attached hydrogen (secondary N) is 1. The van der Waals surface area contributed by atoms with Crippen LogP contribution in [0.3, 0.4) is 0 Å². The molecule has 0 bridgehead atoms. The summed E-state index contributed by atoms with van der Waals surface area (Å²) < 4.78 is 87.0. The molecule has 0 radical (unpaired) electrons. The number of carbonyl (C=O) groups is 3. The van der Waals surface area contributed by atoms with Gasteiger partial charge in [-0.25, -0.2) is 31.9 Å². The Morgan fingerprint density at radius 1 is 1.11 bits per heavy atom. The van der Waals surface area contributed by atoms with Gasteiger partial charge in [0.25, 0.3) is 15.6 Å². The van der Waals surface area contributed by atoms with Crippen LogP contribution in [0.5, 0.6) is 0 Å². The van der Waals surface area contributed by atoms with Gasteiger partial charge in [0, 0.05) is 19.5 Å². The second kappa shape index (κ2) is 13.7. The average molecular weight is 720 g/mol. The van der Waals surface area contributed by atoms with E-state index in [0.717, 1.165) is 18.0 Å². The summed E-state index contributed by atoms with van der Waals surface area (Å²) in [6.45, 7) is 0.720. The van der Waals surface area contributed by atoms with E-state index >= 15 is 4.39 Å². The minimum atomic E-state index is -5.07. The lowest BCUT2D eigenvalue weighted by molar-refractivity contribution is -0.146. The van der Waals surface area contributed by atoms with Gasteiger partial charge in [-0.1, -0.05) is 41.6 Å². The number of nitrogens with zero attached hydrogens (tertiary/aromatic N) is 4. The SMILES string of the molecule is CCOC(=O)CN1C(=O)C(CC(=O)NS(=O)(=O)c2ccccc2)SC1=Nc1cc(-n2c(=O)cc(C(F)(F)F)n(C)c2=O)c(F)cc1Cl. The van der Waals surface area contributed by atoms with Gasteiger partial charge in [0.2, 0.25) is 11.8 Å². The molecule has 1 aliphatic rings. The predicted octanol–water partition coefficient (Wildman–Crippen LogP) is 2.74. The Labute approximate surface area is 271 Å². The molecule has 1 fully saturated rings. The zero-order valence-corrected chi connectivity index (χ0v) is 26.5. The number of halogens is 5. The first-order valence-electron chi connectivity index (χ1n) is 13.2. The Morgan fingerprint density at radius 3 is 2.38 bits per heavy atom. The highest BCUT2D eigenvalue weighted by molar-refractivity contribution is 8.15. The number of esters is 1. The molecule has 0 aliphatic carbocycles. The molecule has 47 heavy (non-hydrogen) atoms. The van der Waals surface area contributed by atoms with E-state index in [-0.39, 0.29) is 31.9 Å². The largest absolute Gasteiger partial charge is 0.465 e. The van der Waals surface area contributed by atoms with Gasteiger partial charge < -0.3 is 4.74 Å². The van der Waals surface area contributed by atoms with Crippen molar-refractivity contribution in [1.29, 1.82) is 0 Å². The van der Waals surface area contributed by atoms with Crippen LogP contribution in [0.4, 0.5) is 23.2 Å². The van der Waals surface area contributed by atoms with E-state index in [0.29, 0.717) is 17.8 Å². The number of ether oxygens (including phenoxy) is 1. The van der Waals surface area contributed by atoms with Crippen molar-refractivity contribution in [2.24, 2.45) is 12.0 Å². The molecule has 13 nitrogen and oxygen atoms in total. The first-order valence-corrected chi connectivity index (χ1v) is 15.9. The standard InChI is InChI=1S/C27H22ClF4N5O8S2/c1-3-45-23(40)13-36-24(41)19(11-21(38)34-47(43,44)14-7-5-4-6-8-14)46-25(36)33-17-10-18(16(29)9-15(17)28)37-22(39)12-20(27(30,31)32)35(2)26(37)42/h4-10,12,19H,3,11,13H2,1-2H3,(H,34,38). The van der Waals surface area contributed by atoms with Gasteiger partial charge in [0.15, 0.2) is 5.17 Å². The molecule has 2 amide bonds. The van der Waals surface area contributed by atoms with Crippen molar-refractivity contribution < 1.29 is 45.1 Å². The first-order chi connectivity index (χ1) is 21.9. The van der Waals surface area contributed by atoms with Crippen molar-refractivity contribution in [2.45, 2.75) is 29.7 Å². The second-order valence-electron chi connectivity index (χ2n) is 9.57. The van der Waals surface area contributed by atoms with Crippen LogP contribution in [0.2, 0.25) is 5.02 Å². The van der Waals surface area contributed by atoms with E-state index in [2.05, 4.69) is 4.99 Å². The third kappa shape index (κ3) is 7.74. The highest BCUT2D eigenvalue weighted by atomic mass is 35.5. The summed E-state index contributed by atoms with van der Waals surface area (Å²) in [5, 5.41) is -2.05. The van der Waals surface area contributed by atoms with Crippen LogP contribution in [0.1, 0.15) is 19.0 Å². The molecule has 2 heterocycles. The number of benzene rings is 2. The van der Waals surface area contributed by atoms with E-state index < -0.39 is 91.4 Å². The van der Waals surface area contributed by atoms with E-state index in [9.17, 15) is 45.6 Å². The molecule has 20 heteroatoms. The monoisotopic (exact) mass is 719 g/mol. The average Bonchev–Trinajstić information content (AvgIpc) is 3.25. The van der Waals surface area contributed by atoms with E-state index in [4.69, 9.17) is 16.3 Å². The van der Waals surface area contributed by atoms with E-state index in [1.165, 1.54) is 31.2 Å². The van der Waals surface area contributed by atoms with Gasteiger partial charge in [0.1, 0.15) is 23.3 Å². The summed E-state index contributed by atoms with van der Waals surface area (Å²) in [6, 6.07) is 8.40. The predicted molar refractivity (Wildman–Crippen MR) is 160 cm³/mol. The molecule has 1 atom stereocenters. The Hall–Kier alpha value is -4.49. The number of hydrogen-bond acceptors (Lipinski definition) is 10. The van der Waals surface area contributed by atoms with Crippen LogP contribution < -0.4 is 16.0 Å². The van der Waals surface area contributed by atoms with Crippen LogP contribution in [0, 0.1) is 5.82 Å². The van der Waals surface area contributed by atoms with Crippen molar-refractivity contribution in [2.75, 3.05) is 13.2 Å². The minimum Gasteiger partial charge on any atom is -0.465 e. The number of thioether (sulfide) groups is 1. The number of carbonyl (C=O) groups excluding carboxylic acids is 3. The van der Waals surface area contributed by atoms with Gasteiger partial charge in [0.05, 0.1) is 27.9 Å². The number of aliphatic imine (C=N–C) groups is 1. The molecule has 2 aromatic carbocycles. The number of alkyl halides is 3. The molecular weight excluding hydrogens is 698 g/mol. The van der Waals surface area contributed by atoms with Crippen LogP contribution >= 0.6 is 23.4 Å². The zero-order valence-electron chi connectivity index (χ0n) is 24.1. The quantitative estimate of drug-likeness (QED) is 0.259. The first kappa shape index (κ1) is 35.4. The van der Waals surface area contributed by atoms with Gasteiger partial charge in [-0.15, -0.1) is 0 Å². The van der Waals surface area contributed by atoms with Crippen molar-refractivity contribution >= 4 is 62.0 Å². The molecular formula is C27H22ClF4N5O8S2. The highest BCUT2D eigenvalue weighted by Gasteiger charge is 2.41. The van der Waals surface area contributed by atoms with Crippen molar-refractivity contribution in [3.05, 3.63) is 85.9 Å². The Balaban J connectivity index is 1.73. The van der Waals surface area contributed by atoms with Gasteiger partial charge in [-0.2, -0.15) is 13.2 Å². The number of amides is 2. The molecule has 3 aromatic rings. The maximum atomic E-state index is 15.0. The number of amidine groups is 1. The molecule has 0 saturated carbocycles. The summed E-state index contributed by atoms with van der Waals surface area (Å²) in [4.78, 5) is 68.4. The van der Waals surface area contributed by atoms with Gasteiger partial charge >= 0.3 is 17.8 Å². The van der Waals surface area contributed by atoms with Crippen LogP contribution in [0.25, 0.3) is 5.69 Å². The van der Waals surface area contributed by atoms with Gasteiger partial charge in [-0.3, -0.25) is 28.6 Å². The van der Waals surface area contributed by atoms with Crippen LogP contribution in [0.15, 0.2) is 68.0 Å². The third-order valence-electron chi connectivity index (χ3n) is 6.37. The van der Waals surface area contributed by atoms with Crippen molar-refractivity contribution in [3.63, 3.8) is 0 Å². The number of rotatable bonds is 9. The van der Waals surface area contributed by atoms with Crippen molar-refractivity contribution in [3.8, 4) is 5.69 Å². The molecule has 1 aliphatic heterocycles. The molecule has 0 spiro atoms. The maximum Gasteiger partial charge on any atom is 0.431 e. The molecule has 1 unspecified atom stereocenters. The minimum absolute atomic E-state index is 0.0619. The summed E-state index contributed by atoms with van der Waals surface area (Å²) in [6.07, 6.45) is -5.77. The molecule has 1 saturated heterocycles. The smallest absolute Gasteiger partial charge is 0.431 e. The number of hydrogen-bond donors (Lipinski definition) is 1. The highest BCUT2D eigenvalue weighted by Crippen LogP contribution is 2.36. The maximum absolute atomic E-state index is 15.0. The Bertz CT molecular complexity index is 2020. The molecule has 250 valence electrons. The van der Waals surface area contributed by atoms with Crippen LogP contribution in [-0.4, -0.2) is 63.8 Å². The zero-order chi connectivity index (χ0) is 34.8. The Morgan fingerprint density at radius 2 is 1.77 bits per heavy atom. The lowest BCUT2D eigenvalue weighted by Gasteiger charge is -2.16. The van der Waals surface area contributed by atoms with Gasteiger partial charge in [-0.05, 0) is 31.2 Å². The lowest BCUT2D eigenvalue weighted by atomic mass is 10.2. The topological polar surface area (TPSA) is 166 Å². The number of sulfonamides is 1. The molecule has 4 rings (SSSR count). The van der Waals surface area contributed by atoms with E-state index in [1.807, 2.05) is 4.72 Å². The van der Waals surface area contributed by atoms with E-state index in [1.54, 1.807) is 6.07 Å². The summed E-state index contributed by atoms with van der Waals surface area (Å²) >= 11 is 6.76. The molecule has 1 N–H and O–H groups in total. The lowest BCUT2D eigenvalue weighted by Crippen LogP contribution is -2.41. The second-order valence-corrected chi connectivity index (χ2v) is 12.8. The fraction of sp³-hybridized carbons (Fsp3) is 0.259. The third-order valence-corrected chi connectivity index (χ3v) is 9.24. The fourth-order valence-electron chi connectivity index (χ4n) is 4.23. The van der Waals surface area contributed by atoms with Crippen molar-refractivity contribution in [1.82, 2.24) is 18.8 Å². The summed E-state index contributed by atoms with van der Waals surface area (Å²) in [5.74, 6) is -4.11. The number of aromatic nitrogens is 2. The summed E-state index contributed by atoms with van der Waals surface area (Å²) in [7, 11) is -3.56. The molecule has 1 aromatic heterocycles. The van der Waals surface area contributed by atoms with Crippen LogP contribution in [-0.2, 0) is 42.4 Å². The fourth-order valence-corrected chi connectivity index (χ4v) is 6.59. The normalized spacial score (nSPS) is 16.1. The Kier molecular flexibility index (Phi) is 10.3. The summed E-state index contributed by atoms with van der Waals surface area (Å²) in [5.41, 5.74) is -5.87.